The van der Waals surface area contributed by atoms with Gasteiger partial charge in [-0.25, -0.2) is 0 Å². The molecular weight excluding hydrogens is 268 g/mol. The predicted octanol–water partition coefficient (Wildman–Crippen LogP) is 0.0711. The molecule has 7 nitrogen and oxygen atoms in total. The zero-order chi connectivity index (χ0) is 13.7. The van der Waals surface area contributed by atoms with Gasteiger partial charge in [0.25, 0.3) is 0 Å². The predicted molar refractivity (Wildman–Crippen MR) is 74.7 cm³/mol. The second kappa shape index (κ2) is 6.83. The summed E-state index contributed by atoms with van der Waals surface area (Å²) in [6.45, 7) is 7.06. The smallest absolute Gasteiger partial charge is 0.231 e. The highest BCUT2D eigenvalue weighted by Crippen LogP contribution is 2.15. The molecule has 0 amide bonds. The molecule has 0 unspecified atom stereocenters. The Kier molecular flexibility index (Phi) is 5.12. The summed E-state index contributed by atoms with van der Waals surface area (Å²) < 4.78 is 0. The first-order valence-electron chi connectivity index (χ1n) is 6.46. The first kappa shape index (κ1) is 14.2. The number of nitrogens with one attached hydrogen (secondary N) is 1. The number of halogens is 1. The Labute approximate surface area is 117 Å². The first-order valence-corrected chi connectivity index (χ1v) is 6.84. The summed E-state index contributed by atoms with van der Waals surface area (Å²) in [5.41, 5.74) is 0. The molecule has 1 aliphatic heterocycles. The summed E-state index contributed by atoms with van der Waals surface area (Å²) >= 11 is 5.91. The van der Waals surface area contributed by atoms with Gasteiger partial charge < -0.3 is 15.3 Å². The molecule has 2 heterocycles. The van der Waals surface area contributed by atoms with E-state index in [9.17, 15) is 0 Å². The number of anilines is 2. The third kappa shape index (κ3) is 3.89. The van der Waals surface area contributed by atoms with Crippen molar-refractivity contribution < 1.29 is 5.11 Å². The summed E-state index contributed by atoms with van der Waals surface area (Å²) in [5, 5.41) is 12.2. The number of aromatic nitrogens is 3. The highest BCUT2D eigenvalue weighted by atomic mass is 35.5. The third-order valence-corrected chi connectivity index (χ3v) is 3.17. The molecule has 0 saturated carbocycles. The quantitative estimate of drug-likeness (QED) is 0.793. The van der Waals surface area contributed by atoms with Crippen molar-refractivity contribution in [1.82, 2.24) is 19.9 Å². The topological polar surface area (TPSA) is 77.4 Å². The van der Waals surface area contributed by atoms with Crippen molar-refractivity contribution in [1.29, 1.82) is 0 Å². The van der Waals surface area contributed by atoms with E-state index in [-0.39, 0.29) is 11.9 Å². The van der Waals surface area contributed by atoms with E-state index in [0.29, 0.717) is 18.4 Å². The lowest BCUT2D eigenvalue weighted by molar-refractivity contribution is 0.188. The fourth-order valence-corrected chi connectivity index (χ4v) is 2.19. The number of β-amino-alcohol motifs (C(OH)–C–C–N with tert-alkyl or cyclic N) is 1. The largest absolute Gasteiger partial charge is 0.395 e. The van der Waals surface area contributed by atoms with Crippen LogP contribution in [0.4, 0.5) is 11.9 Å². The van der Waals surface area contributed by atoms with Crippen LogP contribution >= 0.6 is 11.6 Å². The Hall–Kier alpha value is -1.18. The summed E-state index contributed by atoms with van der Waals surface area (Å²) in [4.78, 5) is 16.9. The van der Waals surface area contributed by atoms with Crippen molar-refractivity contribution in [3.8, 4) is 0 Å². The van der Waals surface area contributed by atoms with Crippen molar-refractivity contribution in [3.63, 3.8) is 0 Å². The number of hydrogen-bond donors (Lipinski definition) is 2. The molecule has 1 saturated heterocycles. The molecule has 106 valence electrons. The summed E-state index contributed by atoms with van der Waals surface area (Å²) in [6.07, 6.45) is 0. The van der Waals surface area contributed by atoms with E-state index < -0.39 is 0 Å². The Bertz CT molecular complexity index is 410. The van der Waals surface area contributed by atoms with Crippen molar-refractivity contribution in [2.24, 2.45) is 0 Å². The number of aliphatic hydroxyl groups is 1. The standard InChI is InChI=1S/C11H19ClN6O/c1-2-13-10-14-9(12)15-11(16-10)18-5-3-17(4-6-18)7-8-19/h19H,2-8H2,1H3,(H,13,14,15,16). The molecule has 0 spiro atoms. The maximum absolute atomic E-state index is 8.92. The lowest BCUT2D eigenvalue weighted by atomic mass is 10.3. The molecule has 19 heavy (non-hydrogen) atoms. The van der Waals surface area contributed by atoms with E-state index in [0.717, 1.165) is 32.7 Å². The van der Waals surface area contributed by atoms with E-state index in [1.165, 1.54) is 0 Å². The second-order valence-electron chi connectivity index (χ2n) is 4.31. The van der Waals surface area contributed by atoms with Crippen molar-refractivity contribution >= 4 is 23.5 Å². The lowest BCUT2D eigenvalue weighted by Gasteiger charge is -2.34. The molecule has 1 aliphatic rings. The molecule has 2 N–H and O–H groups in total. The molecule has 1 fully saturated rings. The molecule has 2 rings (SSSR count). The first-order chi connectivity index (χ1) is 9.22. The molecule has 0 bridgehead atoms. The molecule has 8 heteroatoms. The monoisotopic (exact) mass is 286 g/mol. The van der Waals surface area contributed by atoms with Crippen LogP contribution in [0.15, 0.2) is 0 Å². The number of rotatable bonds is 5. The van der Waals surface area contributed by atoms with E-state index in [1.54, 1.807) is 0 Å². The van der Waals surface area contributed by atoms with E-state index in [1.807, 2.05) is 6.92 Å². The Morgan fingerprint density at radius 3 is 2.58 bits per heavy atom. The molecule has 1 aromatic rings. The fraction of sp³-hybridized carbons (Fsp3) is 0.727. The normalized spacial score (nSPS) is 16.7. The maximum atomic E-state index is 8.92. The number of hydrogen-bond acceptors (Lipinski definition) is 7. The van der Waals surface area contributed by atoms with Crippen molar-refractivity contribution in [2.45, 2.75) is 6.92 Å². The van der Waals surface area contributed by atoms with E-state index in [2.05, 4.69) is 30.1 Å². The van der Waals surface area contributed by atoms with Crippen LogP contribution in [-0.2, 0) is 0 Å². The van der Waals surface area contributed by atoms with Crippen LogP contribution in [0, 0.1) is 0 Å². The zero-order valence-electron chi connectivity index (χ0n) is 11.0. The number of aliphatic hydroxyl groups excluding tert-OH is 1. The third-order valence-electron chi connectivity index (χ3n) is 3.00. The highest BCUT2D eigenvalue weighted by molar-refractivity contribution is 6.28. The van der Waals surface area contributed by atoms with Crippen LogP contribution in [0.1, 0.15) is 6.92 Å². The van der Waals surface area contributed by atoms with Gasteiger partial charge in [0, 0.05) is 39.3 Å². The van der Waals surface area contributed by atoms with E-state index in [4.69, 9.17) is 16.7 Å². The SMILES string of the molecule is CCNc1nc(Cl)nc(N2CCN(CCO)CC2)n1. The van der Waals surface area contributed by atoms with Crippen LogP contribution in [0.25, 0.3) is 0 Å². The highest BCUT2D eigenvalue weighted by Gasteiger charge is 2.19. The van der Waals surface area contributed by atoms with Crippen molar-refractivity contribution in [2.75, 3.05) is 56.1 Å². The van der Waals surface area contributed by atoms with Crippen LogP contribution in [0.3, 0.4) is 0 Å². The van der Waals surface area contributed by atoms with Gasteiger partial charge in [0.1, 0.15) is 0 Å². The van der Waals surface area contributed by atoms with Gasteiger partial charge in [-0.15, -0.1) is 0 Å². The average Bonchev–Trinajstić information content (AvgIpc) is 2.40. The molecule has 0 atom stereocenters. The molecule has 0 aliphatic carbocycles. The maximum Gasteiger partial charge on any atom is 0.231 e. The summed E-state index contributed by atoms with van der Waals surface area (Å²) in [5.74, 6) is 1.12. The van der Waals surface area contributed by atoms with Gasteiger partial charge in [0.05, 0.1) is 6.61 Å². The number of piperazine rings is 1. The van der Waals surface area contributed by atoms with Gasteiger partial charge in [-0.2, -0.15) is 15.0 Å². The zero-order valence-corrected chi connectivity index (χ0v) is 11.8. The minimum atomic E-state index is 0.197. The Morgan fingerprint density at radius 2 is 1.95 bits per heavy atom. The molecular formula is C11H19ClN6O. The van der Waals surface area contributed by atoms with Crippen LogP contribution in [-0.4, -0.2) is 70.8 Å². The lowest BCUT2D eigenvalue weighted by Crippen LogP contribution is -2.47. The fourth-order valence-electron chi connectivity index (χ4n) is 2.03. The van der Waals surface area contributed by atoms with Gasteiger partial charge in [0.2, 0.25) is 17.2 Å². The molecule has 0 aromatic carbocycles. The minimum absolute atomic E-state index is 0.197. The summed E-state index contributed by atoms with van der Waals surface area (Å²) in [7, 11) is 0. The van der Waals surface area contributed by atoms with E-state index >= 15 is 0 Å². The number of nitrogens with zero attached hydrogens (tertiary/aromatic N) is 5. The van der Waals surface area contributed by atoms with Gasteiger partial charge in [-0.1, -0.05) is 0 Å². The minimum Gasteiger partial charge on any atom is -0.395 e. The molecule has 0 radical (unpaired) electrons. The van der Waals surface area contributed by atoms with Crippen LogP contribution in [0.2, 0.25) is 5.28 Å². The Balaban J connectivity index is 2.02. The van der Waals surface area contributed by atoms with Gasteiger partial charge in [-0.3, -0.25) is 4.90 Å². The van der Waals surface area contributed by atoms with Crippen LogP contribution in [0.5, 0.6) is 0 Å². The van der Waals surface area contributed by atoms with Gasteiger partial charge in [0.15, 0.2) is 0 Å². The van der Waals surface area contributed by atoms with Crippen LogP contribution < -0.4 is 10.2 Å². The Morgan fingerprint density at radius 1 is 1.21 bits per heavy atom. The van der Waals surface area contributed by atoms with Gasteiger partial charge in [-0.05, 0) is 18.5 Å². The van der Waals surface area contributed by atoms with Gasteiger partial charge >= 0.3 is 0 Å². The van der Waals surface area contributed by atoms with Crippen molar-refractivity contribution in [3.05, 3.63) is 5.28 Å². The molecule has 1 aromatic heterocycles. The second-order valence-corrected chi connectivity index (χ2v) is 4.65. The summed E-state index contributed by atoms with van der Waals surface area (Å²) in [6, 6.07) is 0. The average molecular weight is 287 g/mol.